The van der Waals surface area contributed by atoms with E-state index in [-0.39, 0.29) is 0 Å². The van der Waals surface area contributed by atoms with Crippen molar-refractivity contribution >= 4 is 0 Å². The highest BCUT2D eigenvalue weighted by Gasteiger charge is 2.24. The topological polar surface area (TPSA) is 23.5 Å². The molecule has 1 fully saturated rings. The molecule has 0 bridgehead atoms. The third-order valence-electron chi connectivity index (χ3n) is 3.31. The molecule has 1 aromatic rings. The highest BCUT2D eigenvalue weighted by Crippen LogP contribution is 2.15. The van der Waals surface area contributed by atoms with Crippen LogP contribution < -0.4 is 0 Å². The Hall–Kier alpha value is -0.860. The molecule has 0 atom stereocenters. The second-order valence-electron chi connectivity index (χ2n) is 4.90. The van der Waals surface area contributed by atoms with Crippen molar-refractivity contribution in [3.63, 3.8) is 0 Å². The number of likely N-dealkylation sites (tertiary alicyclic amines) is 1. The highest BCUT2D eigenvalue weighted by molar-refractivity contribution is 5.22. The molecular weight excluding hydrogens is 198 g/mol. The Morgan fingerprint density at radius 3 is 2.88 bits per heavy atom. The fraction of sp³-hybridized carbons (Fsp3) is 0.571. The van der Waals surface area contributed by atoms with Crippen molar-refractivity contribution in [3.8, 4) is 0 Å². The van der Waals surface area contributed by atoms with Crippen molar-refractivity contribution < 1.29 is 5.11 Å². The van der Waals surface area contributed by atoms with E-state index < -0.39 is 0 Å². The van der Waals surface area contributed by atoms with Crippen LogP contribution in [-0.4, -0.2) is 36.2 Å². The van der Waals surface area contributed by atoms with Crippen LogP contribution in [-0.2, 0) is 6.42 Å². The molecule has 2 heteroatoms. The summed E-state index contributed by atoms with van der Waals surface area (Å²) in [6.45, 7) is 5.85. The maximum Gasteiger partial charge on any atom is 0.0483 e. The fourth-order valence-electron chi connectivity index (χ4n) is 2.35. The first-order valence-corrected chi connectivity index (χ1v) is 6.16. The van der Waals surface area contributed by atoms with Gasteiger partial charge in [0.25, 0.3) is 0 Å². The van der Waals surface area contributed by atoms with Crippen LogP contribution in [0.1, 0.15) is 17.5 Å². The lowest BCUT2D eigenvalue weighted by Gasteiger charge is -2.38. The molecule has 0 radical (unpaired) electrons. The Balaban J connectivity index is 1.65. The second-order valence-corrected chi connectivity index (χ2v) is 4.90. The van der Waals surface area contributed by atoms with Gasteiger partial charge in [-0.15, -0.1) is 0 Å². The predicted octanol–water partition coefficient (Wildman–Crippen LogP) is 1.85. The number of aliphatic hydroxyl groups excluding tert-OH is 1. The lowest BCUT2D eigenvalue weighted by molar-refractivity contribution is 0.0533. The lowest BCUT2D eigenvalue weighted by Crippen LogP contribution is -2.48. The summed E-state index contributed by atoms with van der Waals surface area (Å²) in [5.41, 5.74) is 2.79. The molecule has 1 aliphatic heterocycles. The van der Waals surface area contributed by atoms with Gasteiger partial charge in [0.05, 0.1) is 0 Å². The number of aliphatic hydroxyl groups is 1. The van der Waals surface area contributed by atoms with Crippen molar-refractivity contribution in [3.05, 3.63) is 35.4 Å². The summed E-state index contributed by atoms with van der Waals surface area (Å²) in [5, 5.41) is 8.91. The van der Waals surface area contributed by atoms with E-state index in [0.717, 1.165) is 13.1 Å². The van der Waals surface area contributed by atoms with Crippen molar-refractivity contribution in [1.82, 2.24) is 4.90 Å². The Labute approximate surface area is 97.9 Å². The van der Waals surface area contributed by atoms with Crippen molar-refractivity contribution in [2.24, 2.45) is 5.92 Å². The van der Waals surface area contributed by atoms with Crippen LogP contribution in [0.2, 0.25) is 0 Å². The largest absolute Gasteiger partial charge is 0.396 e. The first-order chi connectivity index (χ1) is 7.78. The van der Waals surface area contributed by atoms with E-state index in [0.29, 0.717) is 12.5 Å². The summed E-state index contributed by atoms with van der Waals surface area (Å²) in [7, 11) is 0. The third-order valence-corrected chi connectivity index (χ3v) is 3.31. The number of nitrogens with zero attached hydrogens (tertiary/aromatic N) is 1. The van der Waals surface area contributed by atoms with Crippen molar-refractivity contribution in [1.29, 1.82) is 0 Å². The molecule has 0 unspecified atom stereocenters. The molecule has 0 aromatic heterocycles. The molecule has 1 aromatic carbocycles. The molecule has 0 aliphatic carbocycles. The van der Waals surface area contributed by atoms with E-state index in [1.165, 1.54) is 30.5 Å². The zero-order valence-electron chi connectivity index (χ0n) is 10.0. The van der Waals surface area contributed by atoms with Gasteiger partial charge in [-0.05, 0) is 31.9 Å². The maximum atomic E-state index is 8.91. The van der Waals surface area contributed by atoms with Crippen LogP contribution in [0.25, 0.3) is 0 Å². The van der Waals surface area contributed by atoms with Gasteiger partial charge in [-0.25, -0.2) is 0 Å². The summed E-state index contributed by atoms with van der Waals surface area (Å²) in [5.74, 6) is 0.541. The van der Waals surface area contributed by atoms with Gasteiger partial charge < -0.3 is 10.0 Å². The summed E-state index contributed by atoms with van der Waals surface area (Å²) in [6.07, 6.45) is 2.39. The van der Waals surface area contributed by atoms with Gasteiger partial charge in [0.1, 0.15) is 0 Å². The molecule has 0 spiro atoms. The first kappa shape index (κ1) is 11.6. The molecule has 1 heterocycles. The first-order valence-electron chi connectivity index (χ1n) is 6.16. The molecule has 1 saturated heterocycles. The lowest BCUT2D eigenvalue weighted by atomic mass is 10.0. The minimum atomic E-state index is 0.356. The van der Waals surface area contributed by atoms with E-state index >= 15 is 0 Å². The Morgan fingerprint density at radius 2 is 2.19 bits per heavy atom. The van der Waals surface area contributed by atoms with E-state index in [1.807, 2.05) is 0 Å². The van der Waals surface area contributed by atoms with Gasteiger partial charge in [0.15, 0.2) is 0 Å². The molecule has 88 valence electrons. The predicted molar refractivity (Wildman–Crippen MR) is 66.5 cm³/mol. The van der Waals surface area contributed by atoms with E-state index in [1.54, 1.807) is 0 Å². The van der Waals surface area contributed by atoms with Crippen LogP contribution in [0.4, 0.5) is 0 Å². The average molecular weight is 219 g/mol. The zero-order valence-corrected chi connectivity index (χ0v) is 10.0. The quantitative estimate of drug-likeness (QED) is 0.817. The number of hydrogen-bond acceptors (Lipinski definition) is 2. The van der Waals surface area contributed by atoms with Crippen LogP contribution in [0, 0.1) is 12.8 Å². The molecule has 16 heavy (non-hydrogen) atoms. The van der Waals surface area contributed by atoms with Gasteiger partial charge in [0, 0.05) is 25.6 Å². The molecule has 2 rings (SSSR count). The van der Waals surface area contributed by atoms with Gasteiger partial charge in [0.2, 0.25) is 0 Å². The Morgan fingerprint density at radius 1 is 1.38 bits per heavy atom. The minimum absolute atomic E-state index is 0.356. The van der Waals surface area contributed by atoms with E-state index in [2.05, 4.69) is 36.1 Å². The minimum Gasteiger partial charge on any atom is -0.396 e. The van der Waals surface area contributed by atoms with E-state index in [9.17, 15) is 0 Å². The Kier molecular flexibility index (Phi) is 3.97. The number of rotatable bonds is 5. The Bertz CT molecular complexity index is 331. The summed E-state index contributed by atoms with van der Waals surface area (Å²) >= 11 is 0. The van der Waals surface area contributed by atoms with Gasteiger partial charge in [-0.2, -0.15) is 0 Å². The van der Waals surface area contributed by atoms with Crippen LogP contribution in [0.5, 0.6) is 0 Å². The molecule has 1 aliphatic rings. The zero-order chi connectivity index (χ0) is 11.4. The fourth-order valence-corrected chi connectivity index (χ4v) is 2.35. The normalized spacial score (nSPS) is 17.4. The monoisotopic (exact) mass is 219 g/mol. The molecule has 0 saturated carbocycles. The smallest absolute Gasteiger partial charge is 0.0483 e. The van der Waals surface area contributed by atoms with Crippen molar-refractivity contribution in [2.75, 3.05) is 26.2 Å². The van der Waals surface area contributed by atoms with Crippen LogP contribution in [0.3, 0.4) is 0 Å². The summed E-state index contributed by atoms with van der Waals surface area (Å²) < 4.78 is 0. The van der Waals surface area contributed by atoms with Gasteiger partial charge in [-0.1, -0.05) is 29.8 Å². The third kappa shape index (κ3) is 3.06. The van der Waals surface area contributed by atoms with Crippen molar-refractivity contribution in [2.45, 2.75) is 19.8 Å². The number of hydrogen-bond donors (Lipinski definition) is 1. The van der Waals surface area contributed by atoms with Crippen LogP contribution >= 0.6 is 0 Å². The second kappa shape index (κ2) is 5.46. The highest BCUT2D eigenvalue weighted by atomic mass is 16.3. The molecule has 1 N–H and O–H groups in total. The standard InChI is InChI=1S/C14H21NO/c1-12-4-2-5-13(8-12)6-3-7-15-9-14(10-15)11-16/h2,4-5,8,14,16H,3,6-7,9-11H2,1H3. The molecule has 0 amide bonds. The molecular formula is C14H21NO. The number of benzene rings is 1. The van der Waals surface area contributed by atoms with Gasteiger partial charge in [-0.3, -0.25) is 0 Å². The maximum absolute atomic E-state index is 8.91. The van der Waals surface area contributed by atoms with E-state index in [4.69, 9.17) is 5.11 Å². The SMILES string of the molecule is Cc1cccc(CCCN2CC(CO)C2)c1. The van der Waals surface area contributed by atoms with Crippen LogP contribution in [0.15, 0.2) is 24.3 Å². The molecule has 2 nitrogen and oxygen atoms in total. The summed E-state index contributed by atoms with van der Waals surface area (Å²) in [4.78, 5) is 2.43. The summed E-state index contributed by atoms with van der Waals surface area (Å²) in [6, 6.07) is 8.76. The number of aryl methyl sites for hydroxylation is 2. The average Bonchev–Trinajstić information content (AvgIpc) is 2.21. The van der Waals surface area contributed by atoms with Gasteiger partial charge >= 0.3 is 0 Å².